The lowest BCUT2D eigenvalue weighted by Gasteiger charge is -2.08. The maximum atomic E-state index is 12.2. The molecule has 0 saturated heterocycles. The van der Waals surface area contributed by atoms with E-state index in [2.05, 4.69) is 4.98 Å². The molecule has 2 rings (SSSR count). The molecule has 1 aromatic heterocycles. The second-order valence-electron chi connectivity index (χ2n) is 4.50. The molecule has 0 spiro atoms. The van der Waals surface area contributed by atoms with Crippen LogP contribution in [0.25, 0.3) is 0 Å². The van der Waals surface area contributed by atoms with Gasteiger partial charge in [-0.25, -0.2) is 13.4 Å². The molecule has 0 aliphatic carbocycles. The first-order valence-corrected chi connectivity index (χ1v) is 7.69. The average molecular weight is 279 g/mol. The van der Waals surface area contributed by atoms with Crippen LogP contribution < -0.4 is 5.73 Å². The maximum absolute atomic E-state index is 12.2. The third-order valence-electron chi connectivity index (χ3n) is 2.92. The Kier molecular flexibility index (Phi) is 3.90. The highest BCUT2D eigenvalue weighted by Crippen LogP contribution is 2.19. The van der Waals surface area contributed by atoms with Crippen molar-refractivity contribution < 1.29 is 8.42 Å². The number of nitrogens with zero attached hydrogens (tertiary/aromatic N) is 2. The van der Waals surface area contributed by atoms with Crippen molar-refractivity contribution in [2.75, 3.05) is 11.5 Å². The van der Waals surface area contributed by atoms with E-state index in [4.69, 9.17) is 5.73 Å². The topological polar surface area (TPSA) is 78.0 Å². The second-order valence-corrected chi connectivity index (χ2v) is 6.58. The maximum Gasteiger partial charge on any atom is 0.178 e. The lowest BCUT2D eigenvalue weighted by molar-refractivity contribution is 0.586. The molecule has 0 amide bonds. The number of nitrogens with two attached hydrogens (primary N) is 1. The Morgan fingerprint density at radius 3 is 2.79 bits per heavy atom. The first-order valence-electron chi connectivity index (χ1n) is 6.04. The number of benzene rings is 1. The van der Waals surface area contributed by atoms with Gasteiger partial charge in [-0.1, -0.05) is 0 Å². The number of imidazole rings is 1. The minimum Gasteiger partial charge on any atom is -0.399 e. The molecular weight excluding hydrogens is 262 g/mol. The van der Waals surface area contributed by atoms with Crippen molar-refractivity contribution in [1.82, 2.24) is 9.55 Å². The molecule has 0 bridgehead atoms. The Morgan fingerprint density at radius 1 is 1.37 bits per heavy atom. The van der Waals surface area contributed by atoms with E-state index in [0.717, 1.165) is 0 Å². The monoisotopic (exact) mass is 279 g/mol. The normalized spacial score (nSPS) is 11.6. The Balaban J connectivity index is 2.05. The number of aryl methyl sites for hydroxylation is 2. The van der Waals surface area contributed by atoms with Crippen molar-refractivity contribution in [2.24, 2.45) is 0 Å². The highest BCUT2D eigenvalue weighted by atomic mass is 32.2. The Labute approximate surface area is 113 Å². The number of nitrogen functional groups attached to an aromatic ring is 1. The second kappa shape index (κ2) is 5.44. The van der Waals surface area contributed by atoms with Crippen molar-refractivity contribution in [3.8, 4) is 0 Å². The Morgan fingerprint density at radius 2 is 2.16 bits per heavy atom. The van der Waals surface area contributed by atoms with Gasteiger partial charge in [-0.2, -0.15) is 0 Å². The third-order valence-corrected chi connectivity index (χ3v) is 4.88. The summed E-state index contributed by atoms with van der Waals surface area (Å²) in [7, 11) is -3.25. The number of rotatable bonds is 5. The summed E-state index contributed by atoms with van der Waals surface area (Å²) in [5.74, 6) is 0.121. The number of anilines is 1. The molecule has 1 aromatic carbocycles. The first kappa shape index (κ1) is 13.6. The summed E-state index contributed by atoms with van der Waals surface area (Å²) in [6, 6.07) is 4.88. The van der Waals surface area contributed by atoms with E-state index in [1.54, 1.807) is 37.6 Å². The molecule has 2 N–H and O–H groups in total. The molecule has 0 radical (unpaired) electrons. The average Bonchev–Trinajstić information content (AvgIpc) is 2.81. The van der Waals surface area contributed by atoms with E-state index >= 15 is 0 Å². The van der Waals surface area contributed by atoms with Gasteiger partial charge < -0.3 is 10.3 Å². The quantitative estimate of drug-likeness (QED) is 0.844. The fraction of sp³-hybridized carbons (Fsp3) is 0.308. The van der Waals surface area contributed by atoms with Gasteiger partial charge >= 0.3 is 0 Å². The molecule has 102 valence electrons. The van der Waals surface area contributed by atoms with Gasteiger partial charge in [0, 0.05) is 24.6 Å². The Bertz CT molecular complexity index is 649. The van der Waals surface area contributed by atoms with Crippen LogP contribution in [0.15, 0.2) is 41.8 Å². The van der Waals surface area contributed by atoms with Crippen LogP contribution in [0.5, 0.6) is 0 Å². The van der Waals surface area contributed by atoms with E-state index < -0.39 is 9.84 Å². The van der Waals surface area contributed by atoms with Crippen LogP contribution in [0.2, 0.25) is 0 Å². The van der Waals surface area contributed by atoms with Gasteiger partial charge in [0.1, 0.15) is 0 Å². The molecule has 1 heterocycles. The molecule has 19 heavy (non-hydrogen) atoms. The van der Waals surface area contributed by atoms with Gasteiger partial charge in [-0.15, -0.1) is 0 Å². The predicted octanol–water partition coefficient (Wildman–Crippen LogP) is 1.64. The summed E-state index contributed by atoms with van der Waals surface area (Å²) in [6.07, 6.45) is 5.74. The summed E-state index contributed by atoms with van der Waals surface area (Å²) in [5, 5.41) is 0. The first-order chi connectivity index (χ1) is 8.99. The molecule has 0 aliphatic rings. The molecule has 5 nitrogen and oxygen atoms in total. The van der Waals surface area contributed by atoms with Crippen LogP contribution in [0, 0.1) is 6.92 Å². The van der Waals surface area contributed by atoms with Gasteiger partial charge in [0.25, 0.3) is 0 Å². The fourth-order valence-corrected chi connectivity index (χ4v) is 3.54. The van der Waals surface area contributed by atoms with Crippen LogP contribution in [0.4, 0.5) is 5.69 Å². The van der Waals surface area contributed by atoms with Crippen LogP contribution in [0.3, 0.4) is 0 Å². The lowest BCUT2D eigenvalue weighted by atomic mass is 10.2. The van der Waals surface area contributed by atoms with Gasteiger partial charge in [-0.3, -0.25) is 0 Å². The molecule has 0 saturated carbocycles. The Hall–Kier alpha value is -1.82. The molecule has 0 unspecified atom stereocenters. The largest absolute Gasteiger partial charge is 0.399 e. The van der Waals surface area contributed by atoms with Crippen molar-refractivity contribution >= 4 is 15.5 Å². The number of hydrogen-bond donors (Lipinski definition) is 1. The van der Waals surface area contributed by atoms with Crippen LogP contribution in [-0.4, -0.2) is 23.7 Å². The summed E-state index contributed by atoms with van der Waals surface area (Å²) >= 11 is 0. The number of aromatic nitrogens is 2. The third kappa shape index (κ3) is 3.35. The molecule has 0 aliphatic heterocycles. The minimum absolute atomic E-state index is 0.121. The van der Waals surface area contributed by atoms with Crippen molar-refractivity contribution in [1.29, 1.82) is 0 Å². The van der Waals surface area contributed by atoms with E-state index in [-0.39, 0.29) is 5.75 Å². The molecule has 0 atom stereocenters. The molecule has 0 fully saturated rings. The number of hydrogen-bond acceptors (Lipinski definition) is 4. The molecule has 2 aromatic rings. The van der Waals surface area contributed by atoms with Gasteiger partial charge in [0.05, 0.1) is 17.0 Å². The van der Waals surface area contributed by atoms with E-state index in [1.165, 1.54) is 0 Å². The van der Waals surface area contributed by atoms with Crippen molar-refractivity contribution in [3.63, 3.8) is 0 Å². The minimum atomic E-state index is -3.25. The summed E-state index contributed by atoms with van der Waals surface area (Å²) in [4.78, 5) is 4.29. The van der Waals surface area contributed by atoms with Crippen molar-refractivity contribution in [3.05, 3.63) is 42.5 Å². The SMILES string of the molecule is Cc1cc(N)ccc1S(=O)(=O)CCCn1ccnc1. The lowest BCUT2D eigenvalue weighted by Crippen LogP contribution is -2.11. The summed E-state index contributed by atoms with van der Waals surface area (Å²) in [6.45, 7) is 2.41. The standard InChI is InChI=1S/C13H17N3O2S/c1-11-9-12(14)3-4-13(11)19(17,18)8-2-6-16-7-5-15-10-16/h3-5,7,9-10H,2,6,8,14H2,1H3. The van der Waals surface area contributed by atoms with E-state index in [9.17, 15) is 8.42 Å². The summed E-state index contributed by atoms with van der Waals surface area (Å²) < 4.78 is 26.3. The predicted molar refractivity (Wildman–Crippen MR) is 74.5 cm³/mol. The highest BCUT2D eigenvalue weighted by molar-refractivity contribution is 7.91. The molecular formula is C13H17N3O2S. The zero-order valence-electron chi connectivity index (χ0n) is 10.8. The number of sulfone groups is 1. The van der Waals surface area contributed by atoms with Crippen LogP contribution >= 0.6 is 0 Å². The van der Waals surface area contributed by atoms with Gasteiger partial charge in [0.15, 0.2) is 9.84 Å². The fourth-order valence-electron chi connectivity index (χ4n) is 1.99. The smallest absolute Gasteiger partial charge is 0.178 e. The van der Waals surface area contributed by atoms with E-state index in [0.29, 0.717) is 29.1 Å². The van der Waals surface area contributed by atoms with Crippen LogP contribution in [-0.2, 0) is 16.4 Å². The molecule has 6 heteroatoms. The summed E-state index contributed by atoms with van der Waals surface area (Å²) in [5.41, 5.74) is 6.91. The zero-order chi connectivity index (χ0) is 13.9. The van der Waals surface area contributed by atoms with Gasteiger partial charge in [-0.05, 0) is 37.1 Å². The van der Waals surface area contributed by atoms with E-state index in [1.807, 2.05) is 10.8 Å². The zero-order valence-corrected chi connectivity index (χ0v) is 11.6. The van der Waals surface area contributed by atoms with Crippen molar-refractivity contribution in [2.45, 2.75) is 24.8 Å². The van der Waals surface area contributed by atoms with Crippen LogP contribution in [0.1, 0.15) is 12.0 Å². The van der Waals surface area contributed by atoms with Gasteiger partial charge in [0.2, 0.25) is 0 Å². The highest BCUT2D eigenvalue weighted by Gasteiger charge is 2.16.